The van der Waals surface area contributed by atoms with Gasteiger partial charge in [0.05, 0.1) is 20.4 Å². The van der Waals surface area contributed by atoms with Crippen molar-refractivity contribution in [1.29, 1.82) is 0 Å². The predicted octanol–water partition coefficient (Wildman–Crippen LogP) is 3.41. The van der Waals surface area contributed by atoms with Crippen LogP contribution in [0.25, 0.3) is 16.2 Å². The van der Waals surface area contributed by atoms with E-state index in [1.54, 1.807) is 11.3 Å². The third-order valence-corrected chi connectivity index (χ3v) is 3.96. The van der Waals surface area contributed by atoms with Crippen LogP contribution in [0.4, 0.5) is 5.69 Å². The molecule has 0 aromatic carbocycles. The number of anilines is 1. The first kappa shape index (κ1) is 9.86. The molecular weight excluding hydrogens is 286 g/mol. The molecule has 0 amide bonds. The first-order valence-electron chi connectivity index (χ1n) is 4.72. The quantitative estimate of drug-likeness (QED) is 0.747. The highest BCUT2D eigenvalue weighted by atomic mass is 79.9. The molecule has 0 aliphatic heterocycles. The second-order valence-electron chi connectivity index (χ2n) is 3.44. The van der Waals surface area contributed by atoms with Gasteiger partial charge in [0, 0.05) is 11.9 Å². The van der Waals surface area contributed by atoms with Crippen LogP contribution in [-0.4, -0.2) is 9.38 Å². The highest BCUT2D eigenvalue weighted by Crippen LogP contribution is 2.31. The molecule has 2 N–H and O–H groups in total. The monoisotopic (exact) mass is 293 g/mol. The summed E-state index contributed by atoms with van der Waals surface area (Å²) in [6.07, 6.45) is 3.74. The molecule has 16 heavy (non-hydrogen) atoms. The van der Waals surface area contributed by atoms with Crippen LogP contribution in [0.3, 0.4) is 0 Å². The van der Waals surface area contributed by atoms with Gasteiger partial charge in [0.2, 0.25) is 0 Å². The number of pyridine rings is 1. The van der Waals surface area contributed by atoms with Gasteiger partial charge in [0.1, 0.15) is 0 Å². The van der Waals surface area contributed by atoms with Crippen LogP contribution in [0.1, 0.15) is 0 Å². The summed E-state index contributed by atoms with van der Waals surface area (Å²) in [5.41, 5.74) is 7.57. The van der Waals surface area contributed by atoms with Gasteiger partial charge in [0.25, 0.3) is 0 Å². The number of nitrogen functional groups attached to an aromatic ring is 1. The molecule has 3 aromatic rings. The lowest BCUT2D eigenvalue weighted by Gasteiger charge is -1.99. The Morgan fingerprint density at radius 1 is 1.25 bits per heavy atom. The van der Waals surface area contributed by atoms with Crippen molar-refractivity contribution < 1.29 is 0 Å². The summed E-state index contributed by atoms with van der Waals surface area (Å²) in [4.78, 5) is 5.54. The minimum absolute atomic E-state index is 0.738. The molecule has 0 bridgehead atoms. The molecule has 0 atom stereocenters. The van der Waals surface area contributed by atoms with Crippen LogP contribution in [0.2, 0.25) is 0 Å². The number of nitrogens with two attached hydrogens (primary N) is 1. The molecule has 3 aromatic heterocycles. The Kier molecular flexibility index (Phi) is 2.22. The van der Waals surface area contributed by atoms with Crippen molar-refractivity contribution in [3.8, 4) is 10.7 Å². The second kappa shape index (κ2) is 3.61. The fourth-order valence-corrected chi connectivity index (χ4v) is 3.00. The van der Waals surface area contributed by atoms with Gasteiger partial charge in [-0.2, -0.15) is 0 Å². The second-order valence-corrected chi connectivity index (χ2v) is 5.91. The Hall–Kier alpha value is -1.33. The molecule has 0 saturated carbocycles. The number of hydrogen-bond donors (Lipinski definition) is 1. The molecule has 0 aliphatic carbocycles. The summed E-state index contributed by atoms with van der Waals surface area (Å²) in [6.45, 7) is 0. The molecule has 0 spiro atoms. The van der Waals surface area contributed by atoms with E-state index in [0.717, 1.165) is 25.7 Å². The van der Waals surface area contributed by atoms with Gasteiger partial charge in [0.15, 0.2) is 5.82 Å². The zero-order valence-electron chi connectivity index (χ0n) is 8.22. The number of nitrogens with zero attached hydrogens (tertiary/aromatic N) is 2. The SMILES string of the molecule is Nc1ccc2cnc(-c3ccc(Br)s3)n2c1. The average Bonchev–Trinajstić information content (AvgIpc) is 2.83. The van der Waals surface area contributed by atoms with Gasteiger partial charge in [-0.15, -0.1) is 11.3 Å². The Morgan fingerprint density at radius 2 is 2.12 bits per heavy atom. The molecule has 5 heteroatoms. The third-order valence-electron chi connectivity index (χ3n) is 2.34. The van der Waals surface area contributed by atoms with Crippen LogP contribution >= 0.6 is 27.3 Å². The molecule has 0 radical (unpaired) electrons. The van der Waals surface area contributed by atoms with E-state index in [1.807, 2.05) is 41.1 Å². The van der Waals surface area contributed by atoms with Gasteiger partial charge in [-0.05, 0) is 40.2 Å². The molecule has 3 heterocycles. The highest BCUT2D eigenvalue weighted by molar-refractivity contribution is 9.11. The van der Waals surface area contributed by atoms with Crippen molar-refractivity contribution in [2.24, 2.45) is 0 Å². The zero-order valence-corrected chi connectivity index (χ0v) is 10.6. The molecule has 3 nitrogen and oxygen atoms in total. The zero-order chi connectivity index (χ0) is 11.1. The Balaban J connectivity index is 2.27. The first-order chi connectivity index (χ1) is 7.74. The number of hydrogen-bond acceptors (Lipinski definition) is 3. The fraction of sp³-hybridized carbons (Fsp3) is 0. The number of halogens is 1. The average molecular weight is 294 g/mol. The summed E-state index contributed by atoms with van der Waals surface area (Å²) >= 11 is 5.11. The van der Waals surface area contributed by atoms with Crippen LogP contribution in [0.15, 0.2) is 40.4 Å². The largest absolute Gasteiger partial charge is 0.398 e. The van der Waals surface area contributed by atoms with Gasteiger partial charge in [-0.1, -0.05) is 0 Å². The maximum Gasteiger partial charge on any atom is 0.154 e. The summed E-state index contributed by atoms with van der Waals surface area (Å²) in [5, 5.41) is 0. The van der Waals surface area contributed by atoms with Gasteiger partial charge in [-0.3, -0.25) is 4.40 Å². The lowest BCUT2D eigenvalue weighted by molar-refractivity contribution is 1.17. The number of thiophene rings is 1. The third kappa shape index (κ3) is 1.52. The van der Waals surface area contributed by atoms with E-state index in [9.17, 15) is 0 Å². The summed E-state index contributed by atoms with van der Waals surface area (Å²) in [5.74, 6) is 0.929. The smallest absolute Gasteiger partial charge is 0.154 e. The standard InChI is InChI=1S/C11H8BrN3S/c12-10-4-3-9(16-10)11-14-5-8-2-1-7(13)6-15(8)11/h1-6H,13H2. The minimum Gasteiger partial charge on any atom is -0.398 e. The molecule has 0 aliphatic rings. The highest BCUT2D eigenvalue weighted by Gasteiger charge is 2.08. The normalized spacial score (nSPS) is 11.1. The van der Waals surface area contributed by atoms with E-state index in [4.69, 9.17) is 5.73 Å². The lowest BCUT2D eigenvalue weighted by Crippen LogP contribution is -1.91. The van der Waals surface area contributed by atoms with Crippen molar-refractivity contribution in [2.45, 2.75) is 0 Å². The Bertz CT molecular complexity index is 656. The van der Waals surface area contributed by atoms with Crippen molar-refractivity contribution in [3.63, 3.8) is 0 Å². The molecular formula is C11H8BrN3S. The van der Waals surface area contributed by atoms with Gasteiger partial charge < -0.3 is 5.73 Å². The van der Waals surface area contributed by atoms with E-state index in [0.29, 0.717) is 0 Å². The maximum absolute atomic E-state index is 5.78. The van der Waals surface area contributed by atoms with E-state index < -0.39 is 0 Å². The Morgan fingerprint density at radius 3 is 2.88 bits per heavy atom. The first-order valence-corrected chi connectivity index (χ1v) is 6.33. The fourth-order valence-electron chi connectivity index (χ4n) is 1.62. The van der Waals surface area contributed by atoms with Gasteiger partial charge >= 0.3 is 0 Å². The minimum atomic E-state index is 0.738. The van der Waals surface area contributed by atoms with E-state index in [-0.39, 0.29) is 0 Å². The van der Waals surface area contributed by atoms with Crippen LogP contribution in [-0.2, 0) is 0 Å². The number of fused-ring (bicyclic) bond motifs is 1. The predicted molar refractivity (Wildman–Crippen MR) is 70.6 cm³/mol. The van der Waals surface area contributed by atoms with Crippen molar-refractivity contribution in [3.05, 3.63) is 40.4 Å². The number of aromatic nitrogens is 2. The van der Waals surface area contributed by atoms with Crippen LogP contribution in [0.5, 0.6) is 0 Å². The summed E-state index contributed by atoms with van der Waals surface area (Å²) in [7, 11) is 0. The van der Waals surface area contributed by atoms with Gasteiger partial charge in [-0.25, -0.2) is 4.98 Å². The maximum atomic E-state index is 5.78. The molecule has 0 saturated heterocycles. The molecule has 80 valence electrons. The van der Waals surface area contributed by atoms with Crippen LogP contribution in [0, 0.1) is 0 Å². The van der Waals surface area contributed by atoms with E-state index >= 15 is 0 Å². The summed E-state index contributed by atoms with van der Waals surface area (Å²) < 4.78 is 3.11. The Labute approximate surface area is 105 Å². The van der Waals surface area contributed by atoms with Crippen molar-refractivity contribution >= 4 is 38.5 Å². The lowest BCUT2D eigenvalue weighted by atomic mass is 10.4. The number of rotatable bonds is 1. The number of imidazole rings is 1. The summed E-state index contributed by atoms with van der Waals surface area (Å²) in [6, 6.07) is 7.92. The topological polar surface area (TPSA) is 43.3 Å². The van der Waals surface area contributed by atoms with Crippen molar-refractivity contribution in [2.75, 3.05) is 5.73 Å². The van der Waals surface area contributed by atoms with E-state index in [2.05, 4.69) is 20.9 Å². The molecule has 0 unspecified atom stereocenters. The molecule has 0 fully saturated rings. The van der Waals surface area contributed by atoms with Crippen molar-refractivity contribution in [1.82, 2.24) is 9.38 Å². The molecule has 3 rings (SSSR count). The van der Waals surface area contributed by atoms with E-state index in [1.165, 1.54) is 0 Å². The van der Waals surface area contributed by atoms with Crippen LogP contribution < -0.4 is 5.73 Å².